The third-order valence-corrected chi connectivity index (χ3v) is 7.94. The molecule has 0 bridgehead atoms. The van der Waals surface area contributed by atoms with Crippen LogP contribution in [0.4, 0.5) is 19.0 Å². The first kappa shape index (κ1) is 24.9. The van der Waals surface area contributed by atoms with E-state index in [1.807, 2.05) is 24.0 Å². The molecule has 1 aliphatic heterocycles. The van der Waals surface area contributed by atoms with Crippen LogP contribution >= 0.6 is 0 Å². The summed E-state index contributed by atoms with van der Waals surface area (Å²) in [7, 11) is -3.85. The average Bonchev–Trinajstić information content (AvgIpc) is 2.81. The number of hydrogen-bond donors (Lipinski definition) is 0. The second-order valence-corrected chi connectivity index (χ2v) is 10.4. The highest BCUT2D eigenvalue weighted by molar-refractivity contribution is 7.89. The fourth-order valence-corrected chi connectivity index (χ4v) is 5.42. The van der Waals surface area contributed by atoms with Crippen LogP contribution in [0.15, 0.2) is 53.4 Å². The lowest BCUT2D eigenvalue weighted by atomic mass is 9.99. The smallest absolute Gasteiger partial charge is 0.406 e. The van der Waals surface area contributed by atoms with Gasteiger partial charge in [-0.1, -0.05) is 6.07 Å². The van der Waals surface area contributed by atoms with E-state index in [-0.39, 0.29) is 18.0 Å². The van der Waals surface area contributed by atoms with Crippen molar-refractivity contribution in [2.75, 3.05) is 31.1 Å². The Labute approximate surface area is 202 Å². The van der Waals surface area contributed by atoms with Crippen LogP contribution in [-0.2, 0) is 10.0 Å². The average molecular weight is 507 g/mol. The molecule has 1 aliphatic rings. The molecule has 2 aromatic carbocycles. The minimum Gasteiger partial charge on any atom is -0.406 e. The van der Waals surface area contributed by atoms with Crippen LogP contribution in [0.5, 0.6) is 5.75 Å². The second-order valence-electron chi connectivity index (χ2n) is 8.44. The van der Waals surface area contributed by atoms with Crippen LogP contribution in [0.3, 0.4) is 0 Å². The van der Waals surface area contributed by atoms with Gasteiger partial charge in [-0.2, -0.15) is 4.31 Å². The number of ether oxygens (including phenoxy) is 1. The summed E-state index contributed by atoms with van der Waals surface area (Å²) in [6.07, 6.45) is -4.84. The number of anilines is 1. The van der Waals surface area contributed by atoms with Gasteiger partial charge < -0.3 is 9.64 Å². The molecule has 0 atom stereocenters. The molecular weight excluding hydrogens is 481 g/mol. The molecule has 11 heteroatoms. The number of aromatic nitrogens is 2. The van der Waals surface area contributed by atoms with E-state index >= 15 is 0 Å². The van der Waals surface area contributed by atoms with E-state index in [9.17, 15) is 21.6 Å². The number of rotatable bonds is 5. The van der Waals surface area contributed by atoms with Gasteiger partial charge in [-0.05, 0) is 79.9 Å². The fourth-order valence-electron chi connectivity index (χ4n) is 3.99. The lowest BCUT2D eigenvalue weighted by Crippen LogP contribution is -2.49. The molecular formula is C24H25F3N4O3S. The normalized spacial score (nSPS) is 15.3. The molecule has 2 heterocycles. The van der Waals surface area contributed by atoms with Crippen LogP contribution in [-0.4, -0.2) is 55.5 Å². The molecule has 186 valence electrons. The largest absolute Gasteiger partial charge is 0.573 e. The summed E-state index contributed by atoms with van der Waals surface area (Å²) in [6.45, 7) is 7.40. The molecule has 1 saturated heterocycles. The highest BCUT2D eigenvalue weighted by atomic mass is 32.2. The first-order valence-corrected chi connectivity index (χ1v) is 12.4. The predicted octanol–water partition coefficient (Wildman–Crippen LogP) is 4.48. The monoisotopic (exact) mass is 506 g/mol. The number of aryl methyl sites for hydroxylation is 3. The molecule has 0 aliphatic carbocycles. The van der Waals surface area contributed by atoms with Crippen LogP contribution < -0.4 is 9.64 Å². The summed E-state index contributed by atoms with van der Waals surface area (Å²) in [5.41, 5.74) is 5.31. The Morgan fingerprint density at radius 2 is 1.46 bits per heavy atom. The maximum Gasteiger partial charge on any atom is 0.573 e. The third-order valence-electron chi connectivity index (χ3n) is 6.02. The zero-order valence-corrected chi connectivity index (χ0v) is 20.3. The van der Waals surface area contributed by atoms with Gasteiger partial charge in [0.25, 0.3) is 0 Å². The molecule has 35 heavy (non-hydrogen) atoms. The minimum absolute atomic E-state index is 0.0895. The van der Waals surface area contributed by atoms with Crippen molar-refractivity contribution in [3.8, 4) is 17.0 Å². The third kappa shape index (κ3) is 5.57. The van der Waals surface area contributed by atoms with Crippen molar-refractivity contribution in [1.82, 2.24) is 14.5 Å². The number of benzene rings is 2. The molecule has 0 unspecified atom stereocenters. The molecule has 4 rings (SSSR count). The summed E-state index contributed by atoms with van der Waals surface area (Å²) in [4.78, 5) is 1.87. The zero-order chi connectivity index (χ0) is 25.4. The van der Waals surface area contributed by atoms with Gasteiger partial charge in [-0.15, -0.1) is 23.4 Å². The van der Waals surface area contributed by atoms with Crippen LogP contribution in [0, 0.1) is 20.8 Å². The van der Waals surface area contributed by atoms with Crippen LogP contribution in [0.25, 0.3) is 11.3 Å². The Hall–Kier alpha value is -3.18. The summed E-state index contributed by atoms with van der Waals surface area (Å²) < 4.78 is 68.0. The summed E-state index contributed by atoms with van der Waals surface area (Å²) in [5.74, 6) is 0.181. The second kappa shape index (κ2) is 9.46. The lowest BCUT2D eigenvalue weighted by molar-refractivity contribution is -0.274. The van der Waals surface area contributed by atoms with Gasteiger partial charge in [-0.3, -0.25) is 0 Å². The fraction of sp³-hybridized carbons (Fsp3) is 0.333. The van der Waals surface area contributed by atoms with Gasteiger partial charge in [0.2, 0.25) is 10.0 Å². The predicted molar refractivity (Wildman–Crippen MR) is 126 cm³/mol. The molecule has 0 spiro atoms. The molecule has 0 N–H and O–H groups in total. The number of halogens is 3. The van der Waals surface area contributed by atoms with E-state index in [1.54, 1.807) is 0 Å². The molecule has 1 aromatic heterocycles. The van der Waals surface area contributed by atoms with E-state index in [0.29, 0.717) is 18.9 Å². The maximum atomic E-state index is 12.9. The van der Waals surface area contributed by atoms with Crippen LogP contribution in [0.2, 0.25) is 0 Å². The minimum atomic E-state index is -4.84. The van der Waals surface area contributed by atoms with Gasteiger partial charge in [-0.25, -0.2) is 8.42 Å². The van der Waals surface area contributed by atoms with Crippen molar-refractivity contribution in [3.63, 3.8) is 0 Å². The standard InChI is InChI=1S/C24H25F3N4O3S/c1-16-14-18(3)21(15-17(16)2)22-8-9-23(29-28-22)30-10-12-31(13-11-30)35(32,33)20-6-4-19(5-7-20)34-24(25,26)27/h4-9,14-15H,10-13H2,1-3H3. The number of sulfonamides is 1. The maximum absolute atomic E-state index is 12.9. The number of nitrogens with zero attached hydrogens (tertiary/aromatic N) is 4. The van der Waals surface area contributed by atoms with E-state index in [1.165, 1.54) is 15.4 Å². The van der Waals surface area contributed by atoms with Gasteiger partial charge in [0.05, 0.1) is 10.6 Å². The van der Waals surface area contributed by atoms with Crippen molar-refractivity contribution < 1.29 is 26.3 Å². The molecule has 1 fully saturated rings. The first-order valence-electron chi connectivity index (χ1n) is 11.0. The van der Waals surface area contributed by atoms with Crippen molar-refractivity contribution in [3.05, 3.63) is 65.2 Å². The van der Waals surface area contributed by atoms with Crippen molar-refractivity contribution >= 4 is 15.8 Å². The van der Waals surface area contributed by atoms with E-state index < -0.39 is 22.1 Å². The van der Waals surface area contributed by atoms with Crippen molar-refractivity contribution in [1.29, 1.82) is 0 Å². The Balaban J connectivity index is 1.41. The van der Waals surface area contributed by atoms with Gasteiger partial charge in [0.1, 0.15) is 5.75 Å². The van der Waals surface area contributed by atoms with Gasteiger partial charge in [0, 0.05) is 31.7 Å². The SMILES string of the molecule is Cc1cc(C)c(-c2ccc(N3CCN(S(=O)(=O)c4ccc(OC(F)(F)F)cc4)CC3)nn2)cc1C. The zero-order valence-electron chi connectivity index (χ0n) is 19.5. The number of hydrogen-bond acceptors (Lipinski definition) is 6. The molecule has 0 amide bonds. The summed E-state index contributed by atoms with van der Waals surface area (Å²) in [5, 5.41) is 8.75. The number of alkyl halides is 3. The highest BCUT2D eigenvalue weighted by Gasteiger charge is 2.32. The lowest BCUT2D eigenvalue weighted by Gasteiger charge is -2.34. The van der Waals surface area contributed by atoms with E-state index in [2.05, 4.69) is 40.9 Å². The van der Waals surface area contributed by atoms with E-state index in [0.717, 1.165) is 41.1 Å². The molecule has 0 saturated carbocycles. The number of piperazine rings is 1. The van der Waals surface area contributed by atoms with Gasteiger partial charge in [0.15, 0.2) is 5.82 Å². The topological polar surface area (TPSA) is 75.6 Å². The molecule has 7 nitrogen and oxygen atoms in total. The van der Waals surface area contributed by atoms with Crippen LogP contribution in [0.1, 0.15) is 16.7 Å². The summed E-state index contributed by atoms with van der Waals surface area (Å²) in [6, 6.07) is 12.2. The Kier molecular flexibility index (Phi) is 6.74. The van der Waals surface area contributed by atoms with Crippen molar-refractivity contribution in [2.24, 2.45) is 0 Å². The Bertz CT molecular complexity index is 1300. The van der Waals surface area contributed by atoms with Crippen molar-refractivity contribution in [2.45, 2.75) is 32.0 Å². The van der Waals surface area contributed by atoms with Gasteiger partial charge >= 0.3 is 6.36 Å². The Morgan fingerprint density at radius 1 is 0.829 bits per heavy atom. The quantitative estimate of drug-likeness (QED) is 0.508. The van der Waals surface area contributed by atoms with E-state index in [4.69, 9.17) is 0 Å². The Morgan fingerprint density at radius 3 is 2.03 bits per heavy atom. The first-order chi connectivity index (χ1) is 16.4. The summed E-state index contributed by atoms with van der Waals surface area (Å²) >= 11 is 0. The highest BCUT2D eigenvalue weighted by Crippen LogP contribution is 2.27. The molecule has 0 radical (unpaired) electrons. The molecule has 3 aromatic rings.